The molecule has 0 bridgehead atoms. The molecule has 0 spiro atoms. The minimum absolute atomic E-state index is 0.0739. The third-order valence-corrected chi connectivity index (χ3v) is 4.04. The van der Waals surface area contributed by atoms with Gasteiger partial charge >= 0.3 is 0 Å². The smallest absolute Gasteiger partial charge is 0.138 e. The first-order chi connectivity index (χ1) is 9.40. The van der Waals surface area contributed by atoms with E-state index < -0.39 is 0 Å². The van der Waals surface area contributed by atoms with Gasteiger partial charge < -0.3 is 10.6 Å². The van der Waals surface area contributed by atoms with Crippen molar-refractivity contribution in [1.82, 2.24) is 9.97 Å². The standard InChI is InChI=1S/C15H22N4S/c1-10(11-7-6-8-20-11)17-13-9-12(16-5)18-14(19-13)15(2,3)4/h6-10H,1-5H3,(H2,16,17,18,19). The van der Waals surface area contributed by atoms with Crippen molar-refractivity contribution in [2.75, 3.05) is 17.7 Å². The number of anilines is 2. The molecule has 1 atom stereocenters. The van der Waals surface area contributed by atoms with Crippen molar-refractivity contribution in [3.05, 3.63) is 34.3 Å². The first-order valence-electron chi connectivity index (χ1n) is 6.77. The molecule has 0 aromatic carbocycles. The summed E-state index contributed by atoms with van der Waals surface area (Å²) in [5.41, 5.74) is -0.0739. The summed E-state index contributed by atoms with van der Waals surface area (Å²) < 4.78 is 0. The van der Waals surface area contributed by atoms with Crippen molar-refractivity contribution in [1.29, 1.82) is 0 Å². The Hall–Kier alpha value is -1.62. The fraction of sp³-hybridized carbons (Fsp3) is 0.467. The van der Waals surface area contributed by atoms with E-state index in [0.717, 1.165) is 17.5 Å². The summed E-state index contributed by atoms with van der Waals surface area (Å²) in [7, 11) is 1.88. The summed E-state index contributed by atoms with van der Waals surface area (Å²) in [4.78, 5) is 10.5. The van der Waals surface area contributed by atoms with E-state index in [1.807, 2.05) is 13.1 Å². The second-order valence-corrected chi connectivity index (χ2v) is 6.82. The van der Waals surface area contributed by atoms with E-state index in [2.05, 4.69) is 65.8 Å². The average molecular weight is 290 g/mol. The Morgan fingerprint density at radius 1 is 1.20 bits per heavy atom. The molecule has 1 unspecified atom stereocenters. The molecular formula is C15H22N4S. The number of nitrogens with one attached hydrogen (secondary N) is 2. The fourth-order valence-corrected chi connectivity index (χ4v) is 2.55. The minimum Gasteiger partial charge on any atom is -0.373 e. The maximum atomic E-state index is 4.64. The molecule has 2 rings (SSSR count). The van der Waals surface area contributed by atoms with Crippen molar-refractivity contribution in [3.8, 4) is 0 Å². The number of nitrogens with zero attached hydrogens (tertiary/aromatic N) is 2. The Bertz CT molecular complexity index is 558. The van der Waals surface area contributed by atoms with E-state index in [1.54, 1.807) is 11.3 Å². The molecule has 0 aliphatic rings. The molecule has 20 heavy (non-hydrogen) atoms. The topological polar surface area (TPSA) is 49.8 Å². The maximum Gasteiger partial charge on any atom is 0.138 e. The molecule has 0 radical (unpaired) electrons. The first-order valence-corrected chi connectivity index (χ1v) is 7.65. The van der Waals surface area contributed by atoms with Crippen LogP contribution in [0.4, 0.5) is 11.6 Å². The lowest BCUT2D eigenvalue weighted by atomic mass is 9.96. The quantitative estimate of drug-likeness (QED) is 0.892. The number of thiophene rings is 1. The first kappa shape index (κ1) is 14.8. The van der Waals surface area contributed by atoms with Crippen LogP contribution in [0.3, 0.4) is 0 Å². The van der Waals surface area contributed by atoms with Gasteiger partial charge in [0.1, 0.15) is 17.5 Å². The summed E-state index contributed by atoms with van der Waals surface area (Å²) in [5.74, 6) is 2.53. The zero-order valence-electron chi connectivity index (χ0n) is 12.7. The molecule has 5 heteroatoms. The lowest BCUT2D eigenvalue weighted by molar-refractivity contribution is 0.546. The van der Waals surface area contributed by atoms with Gasteiger partial charge in [-0.1, -0.05) is 26.8 Å². The molecule has 2 aromatic rings. The van der Waals surface area contributed by atoms with Crippen LogP contribution < -0.4 is 10.6 Å². The summed E-state index contributed by atoms with van der Waals surface area (Å²) in [6.07, 6.45) is 0. The van der Waals surface area contributed by atoms with E-state index in [1.165, 1.54) is 4.88 Å². The Labute approximate surface area is 124 Å². The van der Waals surface area contributed by atoms with Crippen molar-refractivity contribution < 1.29 is 0 Å². The molecule has 0 fully saturated rings. The lowest BCUT2D eigenvalue weighted by Crippen LogP contribution is -2.18. The zero-order valence-corrected chi connectivity index (χ0v) is 13.5. The molecule has 2 aromatic heterocycles. The van der Waals surface area contributed by atoms with Gasteiger partial charge in [-0.15, -0.1) is 11.3 Å². The van der Waals surface area contributed by atoms with Gasteiger partial charge in [0.2, 0.25) is 0 Å². The highest BCUT2D eigenvalue weighted by Gasteiger charge is 2.19. The SMILES string of the molecule is CNc1cc(NC(C)c2cccs2)nc(C(C)(C)C)n1. The second kappa shape index (κ2) is 5.79. The second-order valence-electron chi connectivity index (χ2n) is 5.84. The van der Waals surface area contributed by atoms with Crippen LogP contribution in [0.15, 0.2) is 23.6 Å². The highest BCUT2D eigenvalue weighted by atomic mass is 32.1. The third kappa shape index (κ3) is 3.48. The third-order valence-electron chi connectivity index (χ3n) is 2.99. The summed E-state index contributed by atoms with van der Waals surface area (Å²) in [5, 5.41) is 8.64. The normalized spacial score (nSPS) is 13.1. The van der Waals surface area contributed by atoms with E-state index in [9.17, 15) is 0 Å². The Kier molecular flexibility index (Phi) is 4.28. The monoisotopic (exact) mass is 290 g/mol. The number of rotatable bonds is 4. The molecule has 2 N–H and O–H groups in total. The molecule has 108 valence electrons. The summed E-state index contributed by atoms with van der Waals surface area (Å²) in [6, 6.07) is 6.38. The largest absolute Gasteiger partial charge is 0.373 e. The van der Waals surface area contributed by atoms with Gasteiger partial charge in [0, 0.05) is 23.4 Å². The van der Waals surface area contributed by atoms with Crippen molar-refractivity contribution in [2.24, 2.45) is 0 Å². The predicted molar refractivity (Wildman–Crippen MR) is 86.6 cm³/mol. The van der Waals surface area contributed by atoms with Crippen molar-refractivity contribution in [2.45, 2.75) is 39.2 Å². The molecule has 0 aliphatic carbocycles. The molecule has 0 amide bonds. The van der Waals surface area contributed by atoms with E-state index in [4.69, 9.17) is 0 Å². The minimum atomic E-state index is -0.0739. The van der Waals surface area contributed by atoms with Crippen LogP contribution in [0.25, 0.3) is 0 Å². The van der Waals surface area contributed by atoms with Crippen LogP contribution in [0.1, 0.15) is 44.4 Å². The van der Waals surface area contributed by atoms with Gasteiger partial charge in [0.05, 0.1) is 6.04 Å². The highest BCUT2D eigenvalue weighted by molar-refractivity contribution is 7.10. The van der Waals surface area contributed by atoms with Gasteiger partial charge in [0.15, 0.2) is 0 Å². The highest BCUT2D eigenvalue weighted by Crippen LogP contribution is 2.26. The van der Waals surface area contributed by atoms with Gasteiger partial charge in [-0.2, -0.15) is 0 Å². The van der Waals surface area contributed by atoms with Crippen molar-refractivity contribution >= 4 is 23.0 Å². The number of hydrogen-bond acceptors (Lipinski definition) is 5. The Morgan fingerprint density at radius 3 is 2.45 bits per heavy atom. The lowest BCUT2D eigenvalue weighted by Gasteiger charge is -2.20. The van der Waals surface area contributed by atoms with Crippen LogP contribution in [-0.2, 0) is 5.41 Å². The van der Waals surface area contributed by atoms with Gasteiger partial charge in [-0.3, -0.25) is 0 Å². The summed E-state index contributed by atoms with van der Waals surface area (Å²) >= 11 is 1.75. The van der Waals surface area contributed by atoms with Crippen LogP contribution >= 0.6 is 11.3 Å². The van der Waals surface area contributed by atoms with E-state index in [-0.39, 0.29) is 11.5 Å². The Balaban J connectivity index is 2.27. The number of hydrogen-bond donors (Lipinski definition) is 2. The van der Waals surface area contributed by atoms with Crippen LogP contribution in [-0.4, -0.2) is 17.0 Å². The number of aromatic nitrogens is 2. The molecule has 4 nitrogen and oxygen atoms in total. The zero-order chi connectivity index (χ0) is 14.8. The van der Waals surface area contributed by atoms with Crippen LogP contribution in [0.2, 0.25) is 0 Å². The molecule has 0 aliphatic heterocycles. The van der Waals surface area contributed by atoms with E-state index in [0.29, 0.717) is 0 Å². The molecule has 0 saturated heterocycles. The van der Waals surface area contributed by atoms with Gasteiger partial charge in [0.25, 0.3) is 0 Å². The van der Waals surface area contributed by atoms with Gasteiger partial charge in [-0.05, 0) is 18.4 Å². The molecular weight excluding hydrogens is 268 g/mol. The van der Waals surface area contributed by atoms with E-state index >= 15 is 0 Å². The predicted octanol–water partition coefficient (Wildman–Crippen LogP) is 4.05. The molecule has 2 heterocycles. The molecule has 0 saturated carbocycles. The Morgan fingerprint density at radius 2 is 1.90 bits per heavy atom. The summed E-state index contributed by atoms with van der Waals surface area (Å²) in [6.45, 7) is 8.50. The van der Waals surface area contributed by atoms with Crippen LogP contribution in [0.5, 0.6) is 0 Å². The maximum absolute atomic E-state index is 4.64. The average Bonchev–Trinajstić information content (AvgIpc) is 2.91. The van der Waals surface area contributed by atoms with Gasteiger partial charge in [-0.25, -0.2) is 9.97 Å². The fourth-order valence-electron chi connectivity index (χ4n) is 1.82. The van der Waals surface area contributed by atoms with Crippen LogP contribution in [0, 0.1) is 0 Å². The van der Waals surface area contributed by atoms with Crippen molar-refractivity contribution in [3.63, 3.8) is 0 Å².